The summed E-state index contributed by atoms with van der Waals surface area (Å²) in [6.45, 7) is 3.69. The van der Waals surface area contributed by atoms with E-state index < -0.39 is 0 Å². The quantitative estimate of drug-likeness (QED) is 0.859. The number of nitrogen functional groups attached to an aromatic ring is 1. The Balaban J connectivity index is 2.17. The van der Waals surface area contributed by atoms with Crippen molar-refractivity contribution < 1.29 is 4.79 Å². The third kappa shape index (κ3) is 2.20. The highest BCUT2D eigenvalue weighted by Gasteiger charge is 2.15. The lowest BCUT2D eigenvalue weighted by atomic mass is 10.4. The van der Waals surface area contributed by atoms with Crippen molar-refractivity contribution in [1.82, 2.24) is 9.97 Å². The summed E-state index contributed by atoms with van der Waals surface area (Å²) >= 11 is 2.61. The maximum atomic E-state index is 11.8. The number of carbonyl (C=O) groups excluding carboxylic acids is 1. The van der Waals surface area contributed by atoms with E-state index in [2.05, 4.69) is 15.3 Å². The predicted molar refractivity (Wildman–Crippen MR) is 66.1 cm³/mol. The van der Waals surface area contributed by atoms with E-state index in [1.807, 2.05) is 6.92 Å². The number of nitrogens with zero attached hydrogens (tertiary/aromatic N) is 2. The van der Waals surface area contributed by atoms with E-state index in [4.69, 9.17) is 5.73 Å². The summed E-state index contributed by atoms with van der Waals surface area (Å²) in [7, 11) is 0. The van der Waals surface area contributed by atoms with E-state index in [1.54, 1.807) is 13.1 Å². The van der Waals surface area contributed by atoms with Crippen molar-refractivity contribution in [2.24, 2.45) is 0 Å². The molecule has 0 aliphatic carbocycles. The highest BCUT2D eigenvalue weighted by Crippen LogP contribution is 2.22. The van der Waals surface area contributed by atoms with E-state index in [-0.39, 0.29) is 5.91 Å². The van der Waals surface area contributed by atoms with Crippen molar-refractivity contribution in [2.75, 3.05) is 11.1 Å². The normalized spacial score (nSPS) is 10.4. The zero-order chi connectivity index (χ0) is 11.7. The minimum Gasteiger partial charge on any atom is -0.375 e. The molecule has 16 heavy (non-hydrogen) atoms. The molecule has 2 heterocycles. The number of nitrogens with one attached hydrogen (secondary N) is 1. The summed E-state index contributed by atoms with van der Waals surface area (Å²) in [6.07, 6.45) is 1.72. The highest BCUT2D eigenvalue weighted by molar-refractivity contribution is 7.18. The Morgan fingerprint density at radius 1 is 1.44 bits per heavy atom. The van der Waals surface area contributed by atoms with Crippen molar-refractivity contribution in [2.45, 2.75) is 13.8 Å². The fourth-order valence-electron chi connectivity index (χ4n) is 1.19. The number of hydrogen-bond donors (Lipinski definition) is 2. The number of anilines is 2. The lowest BCUT2D eigenvalue weighted by Crippen LogP contribution is -2.11. The van der Waals surface area contributed by atoms with Crippen LogP contribution in [0.4, 0.5) is 10.3 Å². The van der Waals surface area contributed by atoms with Gasteiger partial charge in [-0.1, -0.05) is 11.3 Å². The average molecular weight is 254 g/mol. The molecule has 0 spiro atoms. The van der Waals surface area contributed by atoms with Crippen LogP contribution >= 0.6 is 22.7 Å². The standard InChI is InChI=1S/C9H10N4OS2/c1-4-3-11-9(15-4)13-7(14)6-5(2)12-8(10)16-6/h3H,1-2H3,(H2,10,12)(H,11,13,14). The van der Waals surface area contributed by atoms with Gasteiger partial charge in [0.1, 0.15) is 4.88 Å². The van der Waals surface area contributed by atoms with E-state index in [0.29, 0.717) is 20.8 Å². The first-order valence-corrected chi connectivity index (χ1v) is 6.16. The van der Waals surface area contributed by atoms with Crippen LogP contribution in [-0.4, -0.2) is 15.9 Å². The molecule has 0 aliphatic heterocycles. The van der Waals surface area contributed by atoms with E-state index >= 15 is 0 Å². The molecule has 0 atom stereocenters. The topological polar surface area (TPSA) is 80.9 Å². The lowest BCUT2D eigenvalue weighted by Gasteiger charge is -1.98. The molecule has 1 amide bonds. The second kappa shape index (κ2) is 4.18. The number of aromatic nitrogens is 2. The number of carbonyl (C=O) groups is 1. The van der Waals surface area contributed by atoms with Gasteiger partial charge in [0, 0.05) is 11.1 Å². The van der Waals surface area contributed by atoms with Gasteiger partial charge in [0.2, 0.25) is 0 Å². The fraction of sp³-hybridized carbons (Fsp3) is 0.222. The first-order chi connectivity index (χ1) is 7.56. The van der Waals surface area contributed by atoms with E-state index in [9.17, 15) is 4.79 Å². The largest absolute Gasteiger partial charge is 0.375 e. The van der Waals surface area contributed by atoms with E-state index in [1.165, 1.54) is 22.7 Å². The fourth-order valence-corrected chi connectivity index (χ4v) is 2.58. The van der Waals surface area contributed by atoms with Gasteiger partial charge >= 0.3 is 0 Å². The van der Waals surface area contributed by atoms with Crippen LogP contribution in [0.25, 0.3) is 0 Å². The molecule has 0 radical (unpaired) electrons. The van der Waals surface area contributed by atoms with Crippen LogP contribution in [0.5, 0.6) is 0 Å². The monoisotopic (exact) mass is 254 g/mol. The predicted octanol–water partition coefficient (Wildman–Crippen LogP) is 2.05. The Morgan fingerprint density at radius 2 is 2.19 bits per heavy atom. The Morgan fingerprint density at radius 3 is 2.69 bits per heavy atom. The highest BCUT2D eigenvalue weighted by atomic mass is 32.1. The number of nitrogens with two attached hydrogens (primary N) is 1. The van der Waals surface area contributed by atoms with Gasteiger partial charge < -0.3 is 5.73 Å². The number of rotatable bonds is 2. The lowest BCUT2D eigenvalue weighted by molar-refractivity contribution is 0.103. The Kier molecular flexibility index (Phi) is 2.88. The van der Waals surface area contributed by atoms with Crippen LogP contribution < -0.4 is 11.1 Å². The Labute approximate surface area is 100 Å². The molecule has 0 saturated heterocycles. The zero-order valence-corrected chi connectivity index (χ0v) is 10.4. The van der Waals surface area contributed by atoms with Crippen molar-refractivity contribution >= 4 is 38.8 Å². The molecule has 0 unspecified atom stereocenters. The molecule has 2 aromatic heterocycles. The first kappa shape index (κ1) is 11.0. The van der Waals surface area contributed by atoms with Gasteiger partial charge in [0.05, 0.1) is 5.69 Å². The first-order valence-electron chi connectivity index (χ1n) is 4.53. The molecular formula is C9H10N4OS2. The molecule has 0 saturated carbocycles. The molecule has 0 fully saturated rings. The summed E-state index contributed by atoms with van der Waals surface area (Å²) in [5.41, 5.74) is 6.18. The van der Waals surface area contributed by atoms with Gasteiger partial charge in [-0.3, -0.25) is 10.1 Å². The SMILES string of the molecule is Cc1cnc(NC(=O)c2sc(N)nc2C)s1. The summed E-state index contributed by atoms with van der Waals surface area (Å²) < 4.78 is 0. The van der Waals surface area contributed by atoms with Crippen LogP contribution in [-0.2, 0) is 0 Å². The van der Waals surface area contributed by atoms with Crippen molar-refractivity contribution in [3.05, 3.63) is 21.6 Å². The molecular weight excluding hydrogens is 244 g/mol. The number of thiazole rings is 2. The zero-order valence-electron chi connectivity index (χ0n) is 8.77. The molecule has 0 bridgehead atoms. The van der Waals surface area contributed by atoms with Crippen LogP contribution in [0.3, 0.4) is 0 Å². The molecule has 5 nitrogen and oxygen atoms in total. The van der Waals surface area contributed by atoms with Gasteiger partial charge in [0.25, 0.3) is 5.91 Å². The maximum Gasteiger partial charge on any atom is 0.269 e. The third-order valence-corrected chi connectivity index (χ3v) is 3.67. The van der Waals surface area contributed by atoms with Crippen molar-refractivity contribution in [3.63, 3.8) is 0 Å². The second-order valence-corrected chi connectivity index (χ2v) is 5.46. The minimum absolute atomic E-state index is 0.207. The molecule has 0 aliphatic rings. The van der Waals surface area contributed by atoms with Crippen LogP contribution in [0, 0.1) is 13.8 Å². The van der Waals surface area contributed by atoms with Crippen molar-refractivity contribution in [3.8, 4) is 0 Å². The minimum atomic E-state index is -0.207. The Hall–Kier alpha value is -1.47. The molecule has 2 rings (SSSR count). The number of amides is 1. The molecule has 0 aromatic carbocycles. The molecule has 84 valence electrons. The summed E-state index contributed by atoms with van der Waals surface area (Å²) in [4.78, 5) is 21.5. The van der Waals surface area contributed by atoms with Gasteiger partial charge in [-0.25, -0.2) is 9.97 Å². The average Bonchev–Trinajstić information content (AvgIpc) is 2.73. The number of hydrogen-bond acceptors (Lipinski definition) is 6. The Bertz CT molecular complexity index is 531. The number of aryl methyl sites for hydroxylation is 2. The second-order valence-electron chi connectivity index (χ2n) is 3.20. The van der Waals surface area contributed by atoms with Gasteiger partial charge in [-0.2, -0.15) is 0 Å². The van der Waals surface area contributed by atoms with Gasteiger partial charge in [-0.05, 0) is 13.8 Å². The van der Waals surface area contributed by atoms with E-state index in [0.717, 1.165) is 4.88 Å². The third-order valence-electron chi connectivity index (χ3n) is 1.86. The molecule has 7 heteroatoms. The van der Waals surface area contributed by atoms with Crippen LogP contribution in [0.15, 0.2) is 6.20 Å². The van der Waals surface area contributed by atoms with Crippen molar-refractivity contribution in [1.29, 1.82) is 0 Å². The van der Waals surface area contributed by atoms with Gasteiger partial charge in [0.15, 0.2) is 10.3 Å². The molecule has 3 N–H and O–H groups in total. The summed E-state index contributed by atoms with van der Waals surface area (Å²) in [5, 5.41) is 3.71. The summed E-state index contributed by atoms with van der Waals surface area (Å²) in [6, 6.07) is 0. The maximum absolute atomic E-state index is 11.8. The summed E-state index contributed by atoms with van der Waals surface area (Å²) in [5.74, 6) is -0.207. The van der Waals surface area contributed by atoms with Gasteiger partial charge in [-0.15, -0.1) is 11.3 Å². The van der Waals surface area contributed by atoms with Crippen LogP contribution in [0.2, 0.25) is 0 Å². The smallest absolute Gasteiger partial charge is 0.269 e. The van der Waals surface area contributed by atoms with Crippen LogP contribution in [0.1, 0.15) is 20.2 Å². The molecule has 2 aromatic rings.